The molecule has 0 aliphatic rings. The molecule has 27 heavy (non-hydrogen) atoms. The van der Waals surface area contributed by atoms with Gasteiger partial charge in [0.1, 0.15) is 0 Å². The van der Waals surface area contributed by atoms with Crippen LogP contribution in [0.4, 0.5) is 0 Å². The summed E-state index contributed by atoms with van der Waals surface area (Å²) in [5.74, 6) is 0.785. The minimum absolute atomic E-state index is 0.281. The van der Waals surface area contributed by atoms with Crippen molar-refractivity contribution in [3.8, 4) is 0 Å². The highest BCUT2D eigenvalue weighted by Crippen LogP contribution is 2.15. The first-order valence-electron chi connectivity index (χ1n) is 8.66. The van der Waals surface area contributed by atoms with E-state index >= 15 is 0 Å². The van der Waals surface area contributed by atoms with Gasteiger partial charge in [-0.05, 0) is 31.5 Å². The number of aromatic nitrogens is 1. The van der Waals surface area contributed by atoms with Gasteiger partial charge in [-0.2, -0.15) is 0 Å². The minimum atomic E-state index is -3.41. The maximum absolute atomic E-state index is 12.1. The molecule has 2 aromatic rings. The summed E-state index contributed by atoms with van der Waals surface area (Å²) in [5.41, 5.74) is 1.96. The lowest BCUT2D eigenvalue weighted by molar-refractivity contribution is 0.471. The maximum Gasteiger partial charge on any atom is 0.242 e. The fourth-order valence-electron chi connectivity index (χ4n) is 2.41. The highest BCUT2D eigenvalue weighted by atomic mass is 32.2. The molecule has 1 N–H and O–H groups in total. The SMILES string of the molecule is CCNC(=NCc1ccc(S(=O)(=O)N(C)C)cc1)N(C)Cc1csc(C)n1. The van der Waals surface area contributed by atoms with Crippen molar-refractivity contribution in [1.82, 2.24) is 19.5 Å². The zero-order valence-electron chi connectivity index (χ0n) is 16.4. The Labute approximate surface area is 165 Å². The van der Waals surface area contributed by atoms with E-state index in [1.165, 1.54) is 18.4 Å². The minimum Gasteiger partial charge on any atom is -0.357 e. The first kappa shape index (κ1) is 21.3. The van der Waals surface area contributed by atoms with Crippen LogP contribution in [0.5, 0.6) is 0 Å². The van der Waals surface area contributed by atoms with Crippen molar-refractivity contribution < 1.29 is 8.42 Å². The van der Waals surface area contributed by atoms with Crippen molar-refractivity contribution in [1.29, 1.82) is 0 Å². The highest BCUT2D eigenvalue weighted by Gasteiger charge is 2.16. The second-order valence-corrected chi connectivity index (χ2v) is 9.53. The van der Waals surface area contributed by atoms with Gasteiger partial charge in [-0.3, -0.25) is 0 Å². The average Bonchev–Trinajstić information content (AvgIpc) is 3.03. The van der Waals surface area contributed by atoms with Gasteiger partial charge in [0.15, 0.2) is 5.96 Å². The summed E-state index contributed by atoms with van der Waals surface area (Å²) in [6.45, 7) is 5.92. The van der Waals surface area contributed by atoms with Crippen LogP contribution in [0.1, 0.15) is 23.2 Å². The molecule has 0 spiro atoms. The summed E-state index contributed by atoms with van der Waals surface area (Å²) < 4.78 is 25.5. The predicted octanol–water partition coefficient (Wildman–Crippen LogP) is 2.30. The standard InChI is InChI=1S/C18H27N5O2S2/c1-6-19-18(23(5)12-16-13-26-14(2)21-16)20-11-15-7-9-17(10-8-15)27(24,25)22(3)4/h7-10,13H,6,11-12H2,1-5H3,(H,19,20). The van der Waals surface area contributed by atoms with Crippen LogP contribution in [-0.4, -0.2) is 56.3 Å². The molecule has 0 saturated carbocycles. The first-order chi connectivity index (χ1) is 12.7. The molecule has 1 heterocycles. The van der Waals surface area contributed by atoms with E-state index < -0.39 is 10.0 Å². The van der Waals surface area contributed by atoms with Crippen LogP contribution in [-0.2, 0) is 23.1 Å². The molecule has 1 aromatic carbocycles. The normalized spacial score (nSPS) is 12.4. The van der Waals surface area contributed by atoms with E-state index in [9.17, 15) is 8.42 Å². The third-order valence-corrected chi connectivity index (χ3v) is 6.53. The summed E-state index contributed by atoms with van der Waals surface area (Å²) >= 11 is 1.64. The second-order valence-electron chi connectivity index (χ2n) is 6.32. The van der Waals surface area contributed by atoms with E-state index in [-0.39, 0.29) is 4.90 Å². The summed E-state index contributed by atoms with van der Waals surface area (Å²) in [7, 11) is 1.61. The number of guanidine groups is 1. The quantitative estimate of drug-likeness (QED) is 0.561. The summed E-state index contributed by atoms with van der Waals surface area (Å²) in [4.78, 5) is 11.5. The molecule has 148 valence electrons. The van der Waals surface area contributed by atoms with Gasteiger partial charge in [0.2, 0.25) is 10.0 Å². The van der Waals surface area contributed by atoms with Crippen LogP contribution < -0.4 is 5.32 Å². The van der Waals surface area contributed by atoms with Crippen LogP contribution in [0.2, 0.25) is 0 Å². The molecular weight excluding hydrogens is 382 g/mol. The Kier molecular flexibility index (Phi) is 7.34. The largest absolute Gasteiger partial charge is 0.357 e. The molecule has 0 unspecified atom stereocenters. The Morgan fingerprint density at radius 2 is 1.89 bits per heavy atom. The fraction of sp³-hybridized carbons (Fsp3) is 0.444. The molecule has 1 aromatic heterocycles. The molecular formula is C18H27N5O2S2. The number of rotatable bonds is 7. The van der Waals surface area contributed by atoms with Gasteiger partial charge >= 0.3 is 0 Å². The number of nitrogens with one attached hydrogen (secondary N) is 1. The molecule has 0 saturated heterocycles. The van der Waals surface area contributed by atoms with E-state index in [1.807, 2.05) is 25.8 Å². The number of hydrogen-bond donors (Lipinski definition) is 1. The van der Waals surface area contributed by atoms with Crippen molar-refractivity contribution in [2.75, 3.05) is 27.7 Å². The maximum atomic E-state index is 12.1. The van der Waals surface area contributed by atoms with E-state index in [4.69, 9.17) is 0 Å². The molecule has 0 amide bonds. The Balaban J connectivity index is 2.09. The Morgan fingerprint density at radius 1 is 1.22 bits per heavy atom. The molecule has 0 aliphatic heterocycles. The molecule has 0 aliphatic carbocycles. The van der Waals surface area contributed by atoms with Gasteiger partial charge in [0, 0.05) is 33.1 Å². The van der Waals surface area contributed by atoms with Crippen LogP contribution in [0.3, 0.4) is 0 Å². The number of nitrogens with zero attached hydrogens (tertiary/aromatic N) is 4. The van der Waals surface area contributed by atoms with Gasteiger partial charge in [0.05, 0.1) is 28.7 Å². The highest BCUT2D eigenvalue weighted by molar-refractivity contribution is 7.89. The topological polar surface area (TPSA) is 77.9 Å². The van der Waals surface area contributed by atoms with E-state index in [0.29, 0.717) is 13.1 Å². The molecule has 0 fully saturated rings. The lowest BCUT2D eigenvalue weighted by Gasteiger charge is -2.21. The van der Waals surface area contributed by atoms with Crippen molar-refractivity contribution in [3.05, 3.63) is 45.9 Å². The molecule has 9 heteroatoms. The number of thiazole rings is 1. The molecule has 0 bridgehead atoms. The Bertz CT molecular complexity index is 873. The lowest BCUT2D eigenvalue weighted by Crippen LogP contribution is -2.38. The summed E-state index contributed by atoms with van der Waals surface area (Å²) in [5, 5.41) is 6.38. The van der Waals surface area contributed by atoms with Crippen LogP contribution in [0.15, 0.2) is 39.5 Å². The second kappa shape index (κ2) is 9.29. The number of aryl methyl sites for hydroxylation is 1. The van der Waals surface area contributed by atoms with Crippen LogP contribution >= 0.6 is 11.3 Å². The number of aliphatic imine (C=N–C) groups is 1. The van der Waals surface area contributed by atoms with E-state index in [0.717, 1.165) is 28.8 Å². The summed E-state index contributed by atoms with van der Waals surface area (Å²) in [6, 6.07) is 6.84. The monoisotopic (exact) mass is 409 g/mol. The number of sulfonamides is 1. The number of benzene rings is 1. The van der Waals surface area contributed by atoms with Crippen molar-refractivity contribution in [3.63, 3.8) is 0 Å². The lowest BCUT2D eigenvalue weighted by atomic mass is 10.2. The third-order valence-electron chi connectivity index (χ3n) is 3.88. The van der Waals surface area contributed by atoms with Crippen LogP contribution in [0.25, 0.3) is 0 Å². The predicted molar refractivity (Wildman–Crippen MR) is 110 cm³/mol. The number of hydrogen-bond acceptors (Lipinski definition) is 5. The average molecular weight is 410 g/mol. The Hall–Kier alpha value is -1.97. The molecule has 7 nitrogen and oxygen atoms in total. The van der Waals surface area contributed by atoms with Crippen molar-refractivity contribution in [2.24, 2.45) is 4.99 Å². The van der Waals surface area contributed by atoms with E-state index in [2.05, 4.69) is 20.7 Å². The van der Waals surface area contributed by atoms with Gasteiger partial charge in [-0.1, -0.05) is 12.1 Å². The molecule has 0 radical (unpaired) electrons. The smallest absolute Gasteiger partial charge is 0.242 e. The fourth-order valence-corrected chi connectivity index (χ4v) is 3.92. The van der Waals surface area contributed by atoms with Gasteiger partial charge in [-0.25, -0.2) is 22.7 Å². The third kappa shape index (κ3) is 5.75. The molecule has 0 atom stereocenters. The molecule has 2 rings (SSSR count). The van der Waals surface area contributed by atoms with Crippen LogP contribution in [0, 0.1) is 6.92 Å². The van der Waals surface area contributed by atoms with Crippen molar-refractivity contribution >= 4 is 27.3 Å². The summed E-state index contributed by atoms with van der Waals surface area (Å²) in [6.07, 6.45) is 0. The van der Waals surface area contributed by atoms with E-state index in [1.54, 1.807) is 35.6 Å². The first-order valence-corrected chi connectivity index (χ1v) is 11.0. The Morgan fingerprint density at radius 3 is 2.41 bits per heavy atom. The zero-order chi connectivity index (χ0) is 20.0. The van der Waals surface area contributed by atoms with Crippen molar-refractivity contribution in [2.45, 2.75) is 31.8 Å². The zero-order valence-corrected chi connectivity index (χ0v) is 18.1. The van der Waals surface area contributed by atoms with Gasteiger partial charge in [-0.15, -0.1) is 11.3 Å². The van der Waals surface area contributed by atoms with Gasteiger partial charge < -0.3 is 10.2 Å². The van der Waals surface area contributed by atoms with Gasteiger partial charge in [0.25, 0.3) is 0 Å².